The largest absolute Gasteiger partial charge is 0.399 e. The maximum atomic E-state index is 12.5. The minimum atomic E-state index is -0.121. The minimum absolute atomic E-state index is 0.121. The Balaban J connectivity index is 1.61. The summed E-state index contributed by atoms with van der Waals surface area (Å²) in [5.74, 6) is 0.295. The normalized spacial score (nSPS) is 10.6. The molecule has 3 N–H and O–H groups in total. The predicted octanol–water partition coefficient (Wildman–Crippen LogP) is 4.67. The van der Waals surface area contributed by atoms with E-state index in [9.17, 15) is 4.79 Å². The maximum absolute atomic E-state index is 12.5. The van der Waals surface area contributed by atoms with Gasteiger partial charge in [-0.3, -0.25) is 14.8 Å². The Morgan fingerprint density at radius 1 is 0.968 bits per heavy atom. The van der Waals surface area contributed by atoms with Gasteiger partial charge < -0.3 is 11.1 Å². The Hall–Kier alpha value is -4.06. The number of nitrogens with zero attached hydrogens (tertiary/aromatic N) is 3. The SMILES string of the molecule is Cc1cccc(-c2ncc(NC(=O)CCc3cccnc3)nc2-c2ccc(N)cc2)c1. The Morgan fingerprint density at radius 3 is 2.55 bits per heavy atom. The summed E-state index contributed by atoms with van der Waals surface area (Å²) in [7, 11) is 0. The lowest BCUT2D eigenvalue weighted by Gasteiger charge is -2.12. The molecular weight excluding hydrogens is 386 g/mol. The first-order valence-corrected chi connectivity index (χ1v) is 10.1. The Labute approximate surface area is 181 Å². The number of benzene rings is 2. The summed E-state index contributed by atoms with van der Waals surface area (Å²) >= 11 is 0. The van der Waals surface area contributed by atoms with E-state index in [4.69, 9.17) is 10.7 Å². The summed E-state index contributed by atoms with van der Waals surface area (Å²) in [6.07, 6.45) is 6.03. The lowest BCUT2D eigenvalue weighted by atomic mass is 10.0. The van der Waals surface area contributed by atoms with E-state index in [0.29, 0.717) is 30.0 Å². The molecule has 1 amide bonds. The van der Waals surface area contributed by atoms with Crippen LogP contribution >= 0.6 is 0 Å². The molecule has 0 atom stereocenters. The van der Waals surface area contributed by atoms with Crippen LogP contribution in [-0.4, -0.2) is 20.9 Å². The molecule has 0 saturated heterocycles. The number of nitrogens with one attached hydrogen (secondary N) is 1. The molecule has 0 unspecified atom stereocenters. The molecule has 2 aromatic heterocycles. The number of aryl methyl sites for hydroxylation is 2. The fraction of sp³-hybridized carbons (Fsp3) is 0.120. The van der Waals surface area contributed by atoms with Gasteiger partial charge in [0.15, 0.2) is 5.82 Å². The second-order valence-corrected chi connectivity index (χ2v) is 7.35. The van der Waals surface area contributed by atoms with Crippen molar-refractivity contribution in [1.82, 2.24) is 15.0 Å². The molecule has 0 aliphatic carbocycles. The number of amides is 1. The molecule has 2 heterocycles. The topological polar surface area (TPSA) is 93.8 Å². The lowest BCUT2D eigenvalue weighted by Crippen LogP contribution is -2.14. The number of anilines is 2. The number of hydrogen-bond acceptors (Lipinski definition) is 5. The summed E-state index contributed by atoms with van der Waals surface area (Å²) in [6.45, 7) is 2.04. The Bertz CT molecular complexity index is 1190. The summed E-state index contributed by atoms with van der Waals surface area (Å²) in [4.78, 5) is 25.9. The van der Waals surface area contributed by atoms with Crippen molar-refractivity contribution in [3.8, 4) is 22.5 Å². The van der Waals surface area contributed by atoms with Crippen LogP contribution in [0.3, 0.4) is 0 Å². The number of carbonyl (C=O) groups is 1. The average Bonchev–Trinajstić information content (AvgIpc) is 2.79. The molecule has 31 heavy (non-hydrogen) atoms. The summed E-state index contributed by atoms with van der Waals surface area (Å²) in [5, 5.41) is 2.87. The highest BCUT2D eigenvalue weighted by Gasteiger charge is 2.14. The van der Waals surface area contributed by atoms with Gasteiger partial charge in [-0.1, -0.05) is 42.0 Å². The smallest absolute Gasteiger partial charge is 0.225 e. The number of nitrogens with two attached hydrogens (primary N) is 1. The van der Waals surface area contributed by atoms with Gasteiger partial charge in [0, 0.05) is 35.6 Å². The molecule has 4 rings (SSSR count). The van der Waals surface area contributed by atoms with E-state index in [2.05, 4.69) is 21.4 Å². The molecule has 4 aromatic rings. The van der Waals surface area contributed by atoms with Crippen LogP contribution in [0.5, 0.6) is 0 Å². The van der Waals surface area contributed by atoms with Crippen molar-refractivity contribution in [2.45, 2.75) is 19.8 Å². The maximum Gasteiger partial charge on any atom is 0.225 e. The van der Waals surface area contributed by atoms with Gasteiger partial charge in [0.25, 0.3) is 0 Å². The Kier molecular flexibility index (Phi) is 5.98. The highest BCUT2D eigenvalue weighted by atomic mass is 16.1. The number of rotatable bonds is 6. The standard InChI is InChI=1S/C25H23N5O/c1-17-4-2-6-20(14-17)24-25(19-8-10-21(26)11-9-19)30-22(16-28-24)29-23(31)12-7-18-5-3-13-27-15-18/h2-6,8-11,13-16H,7,12,26H2,1H3,(H,29,30,31). The van der Waals surface area contributed by atoms with Gasteiger partial charge in [-0.05, 0) is 43.2 Å². The van der Waals surface area contributed by atoms with Crippen LogP contribution in [0, 0.1) is 6.92 Å². The van der Waals surface area contributed by atoms with Crippen LogP contribution in [0.1, 0.15) is 17.5 Å². The Morgan fingerprint density at radius 2 is 1.81 bits per heavy atom. The lowest BCUT2D eigenvalue weighted by molar-refractivity contribution is -0.116. The molecule has 0 spiro atoms. The van der Waals surface area contributed by atoms with Crippen LogP contribution in [0.25, 0.3) is 22.5 Å². The van der Waals surface area contributed by atoms with Crippen molar-refractivity contribution in [2.24, 2.45) is 0 Å². The van der Waals surface area contributed by atoms with E-state index in [1.54, 1.807) is 18.6 Å². The fourth-order valence-corrected chi connectivity index (χ4v) is 3.30. The number of hydrogen-bond donors (Lipinski definition) is 2. The molecule has 0 aliphatic heterocycles. The molecule has 0 saturated carbocycles. The van der Waals surface area contributed by atoms with Crippen LogP contribution in [0.2, 0.25) is 0 Å². The number of aromatic nitrogens is 3. The molecular formula is C25H23N5O. The van der Waals surface area contributed by atoms with Crippen molar-refractivity contribution in [1.29, 1.82) is 0 Å². The first kappa shape index (κ1) is 20.2. The molecule has 0 aliphatic rings. The van der Waals surface area contributed by atoms with Gasteiger partial charge in [-0.25, -0.2) is 4.98 Å². The van der Waals surface area contributed by atoms with E-state index < -0.39 is 0 Å². The zero-order valence-electron chi connectivity index (χ0n) is 17.2. The molecule has 0 bridgehead atoms. The van der Waals surface area contributed by atoms with Gasteiger partial charge in [0.2, 0.25) is 5.91 Å². The van der Waals surface area contributed by atoms with Gasteiger partial charge in [-0.15, -0.1) is 0 Å². The monoisotopic (exact) mass is 409 g/mol. The van der Waals surface area contributed by atoms with Crippen molar-refractivity contribution < 1.29 is 4.79 Å². The predicted molar refractivity (Wildman–Crippen MR) is 123 cm³/mol. The van der Waals surface area contributed by atoms with Crippen molar-refractivity contribution in [3.63, 3.8) is 0 Å². The molecule has 2 aromatic carbocycles. The van der Waals surface area contributed by atoms with Gasteiger partial charge >= 0.3 is 0 Å². The van der Waals surface area contributed by atoms with Crippen molar-refractivity contribution in [2.75, 3.05) is 11.1 Å². The summed E-state index contributed by atoms with van der Waals surface area (Å²) in [6, 6.07) is 19.4. The molecule has 0 fully saturated rings. The quantitative estimate of drug-likeness (QED) is 0.452. The minimum Gasteiger partial charge on any atom is -0.399 e. The second-order valence-electron chi connectivity index (χ2n) is 7.35. The van der Waals surface area contributed by atoms with E-state index in [1.807, 2.05) is 61.5 Å². The average molecular weight is 409 g/mol. The van der Waals surface area contributed by atoms with E-state index >= 15 is 0 Å². The summed E-state index contributed by atoms with van der Waals surface area (Å²) < 4.78 is 0. The molecule has 6 nitrogen and oxygen atoms in total. The van der Waals surface area contributed by atoms with Crippen LogP contribution in [-0.2, 0) is 11.2 Å². The van der Waals surface area contributed by atoms with Crippen LogP contribution < -0.4 is 11.1 Å². The first-order valence-electron chi connectivity index (χ1n) is 10.1. The second kappa shape index (κ2) is 9.17. The highest BCUT2D eigenvalue weighted by Crippen LogP contribution is 2.30. The zero-order chi connectivity index (χ0) is 21.6. The molecule has 0 radical (unpaired) electrons. The van der Waals surface area contributed by atoms with Crippen molar-refractivity contribution >= 4 is 17.4 Å². The highest BCUT2D eigenvalue weighted by molar-refractivity contribution is 5.90. The third-order valence-electron chi connectivity index (χ3n) is 4.88. The van der Waals surface area contributed by atoms with Gasteiger partial charge in [0.05, 0.1) is 17.6 Å². The van der Waals surface area contributed by atoms with E-state index in [1.165, 1.54) is 0 Å². The summed E-state index contributed by atoms with van der Waals surface area (Å²) in [5.41, 5.74) is 12.0. The first-order chi connectivity index (χ1) is 15.1. The number of pyridine rings is 1. The number of nitrogen functional groups attached to an aromatic ring is 1. The van der Waals surface area contributed by atoms with Crippen molar-refractivity contribution in [3.05, 3.63) is 90.4 Å². The van der Waals surface area contributed by atoms with E-state index in [0.717, 1.165) is 27.9 Å². The molecule has 6 heteroatoms. The third-order valence-corrected chi connectivity index (χ3v) is 4.88. The van der Waals surface area contributed by atoms with Crippen LogP contribution in [0.15, 0.2) is 79.3 Å². The van der Waals surface area contributed by atoms with Gasteiger partial charge in [-0.2, -0.15) is 0 Å². The fourth-order valence-electron chi connectivity index (χ4n) is 3.30. The zero-order valence-corrected chi connectivity index (χ0v) is 17.2. The van der Waals surface area contributed by atoms with Crippen LogP contribution in [0.4, 0.5) is 11.5 Å². The molecule has 154 valence electrons. The third kappa shape index (κ3) is 5.11. The van der Waals surface area contributed by atoms with Gasteiger partial charge in [0.1, 0.15) is 0 Å². The number of carbonyl (C=O) groups excluding carboxylic acids is 1. The van der Waals surface area contributed by atoms with E-state index in [-0.39, 0.29) is 5.91 Å².